The number of hydrogen-bond donors (Lipinski definition) is 1. The van der Waals surface area contributed by atoms with Gasteiger partial charge in [0, 0.05) is 30.5 Å². The lowest BCUT2D eigenvalue weighted by Gasteiger charge is -2.09. The van der Waals surface area contributed by atoms with Crippen molar-refractivity contribution < 1.29 is 13.7 Å². The molecule has 1 aliphatic heterocycles. The van der Waals surface area contributed by atoms with Gasteiger partial charge in [-0.05, 0) is 6.07 Å². The van der Waals surface area contributed by atoms with Crippen LogP contribution in [0.25, 0.3) is 10.6 Å². The highest BCUT2D eigenvalue weighted by molar-refractivity contribution is 7.15. The number of rotatable bonds is 2. The van der Waals surface area contributed by atoms with Crippen LogP contribution in [-0.2, 0) is 13.0 Å². The minimum atomic E-state index is -1.17. The van der Waals surface area contributed by atoms with Crippen LogP contribution in [-0.4, -0.2) is 16.5 Å². The monoisotopic (exact) mass is 297 g/mol. The van der Waals surface area contributed by atoms with Crippen LogP contribution in [0.5, 0.6) is 0 Å². The Bertz CT molecular complexity index is 679. The molecule has 104 valence electrons. The highest BCUT2D eigenvalue weighted by Gasteiger charge is 2.26. The van der Waals surface area contributed by atoms with Crippen molar-refractivity contribution in [3.63, 3.8) is 0 Å². The minimum absolute atomic E-state index is 0.150. The third kappa shape index (κ3) is 2.06. The molecule has 0 saturated carbocycles. The third-order valence-electron chi connectivity index (χ3n) is 3.08. The lowest BCUT2D eigenvalue weighted by atomic mass is 10.1. The van der Waals surface area contributed by atoms with Gasteiger partial charge in [0.15, 0.2) is 0 Å². The number of nitro benzene ring substituents is 1. The van der Waals surface area contributed by atoms with Gasteiger partial charge < -0.3 is 5.32 Å². The topological polar surface area (TPSA) is 68.1 Å². The first kappa shape index (κ1) is 13.1. The van der Waals surface area contributed by atoms with Gasteiger partial charge in [0.05, 0.1) is 16.2 Å². The molecule has 0 spiro atoms. The van der Waals surface area contributed by atoms with Gasteiger partial charge in [-0.15, -0.1) is 11.3 Å². The molecule has 1 aromatic heterocycles. The van der Waals surface area contributed by atoms with Crippen molar-refractivity contribution in [3.05, 3.63) is 44.5 Å². The van der Waals surface area contributed by atoms with Crippen LogP contribution in [0.3, 0.4) is 0 Å². The van der Waals surface area contributed by atoms with Crippen LogP contribution in [0, 0.1) is 21.7 Å². The number of nitro groups is 1. The van der Waals surface area contributed by atoms with Gasteiger partial charge >= 0.3 is 5.69 Å². The number of hydrogen-bond acceptors (Lipinski definition) is 5. The van der Waals surface area contributed by atoms with Gasteiger partial charge in [-0.3, -0.25) is 10.1 Å². The Balaban J connectivity index is 2.16. The van der Waals surface area contributed by atoms with Crippen molar-refractivity contribution in [2.75, 3.05) is 6.54 Å². The summed E-state index contributed by atoms with van der Waals surface area (Å²) in [6, 6.07) is 1.72. The Hall–Kier alpha value is -1.93. The molecule has 2 heterocycles. The first-order chi connectivity index (χ1) is 9.58. The second-order valence-electron chi connectivity index (χ2n) is 4.33. The molecule has 0 atom stereocenters. The second-order valence-corrected chi connectivity index (χ2v) is 5.41. The predicted octanol–water partition coefficient (Wildman–Crippen LogP) is 2.64. The summed E-state index contributed by atoms with van der Waals surface area (Å²) in [7, 11) is 0. The summed E-state index contributed by atoms with van der Waals surface area (Å²) in [4.78, 5) is 15.0. The maximum absolute atomic E-state index is 14.1. The SMILES string of the molecule is O=[N+]([O-])c1ccc(F)c(-c2nc3c(s2)CNCC3)c1F. The summed E-state index contributed by atoms with van der Waals surface area (Å²) >= 11 is 1.16. The van der Waals surface area contributed by atoms with Gasteiger partial charge in [-0.1, -0.05) is 0 Å². The zero-order chi connectivity index (χ0) is 14.3. The molecule has 0 unspecified atom stereocenters. The molecule has 0 radical (unpaired) electrons. The van der Waals surface area contributed by atoms with Crippen molar-refractivity contribution >= 4 is 17.0 Å². The Morgan fingerprint density at radius 1 is 1.40 bits per heavy atom. The molecule has 0 fully saturated rings. The molecule has 2 aromatic rings. The highest BCUT2D eigenvalue weighted by atomic mass is 32.1. The molecule has 1 N–H and O–H groups in total. The van der Waals surface area contributed by atoms with Crippen LogP contribution < -0.4 is 5.32 Å². The maximum Gasteiger partial charge on any atom is 0.305 e. The summed E-state index contributed by atoms with van der Waals surface area (Å²) in [6.07, 6.45) is 0.685. The summed E-state index contributed by atoms with van der Waals surface area (Å²) in [5.74, 6) is -2.01. The molecular weight excluding hydrogens is 288 g/mol. The molecule has 1 aliphatic rings. The van der Waals surface area contributed by atoms with Crippen molar-refractivity contribution in [2.24, 2.45) is 0 Å². The van der Waals surface area contributed by atoms with E-state index in [1.165, 1.54) is 0 Å². The average Bonchev–Trinajstić information content (AvgIpc) is 2.81. The van der Waals surface area contributed by atoms with Gasteiger partial charge in [0.2, 0.25) is 5.82 Å². The number of thiazole rings is 1. The molecule has 8 heteroatoms. The van der Waals surface area contributed by atoms with Gasteiger partial charge in [0.1, 0.15) is 10.8 Å². The van der Waals surface area contributed by atoms with E-state index in [0.29, 0.717) is 13.0 Å². The van der Waals surface area contributed by atoms with Crippen LogP contribution in [0.15, 0.2) is 12.1 Å². The lowest BCUT2D eigenvalue weighted by Crippen LogP contribution is -2.22. The first-order valence-electron chi connectivity index (χ1n) is 5.90. The maximum atomic E-state index is 14.1. The fourth-order valence-electron chi connectivity index (χ4n) is 2.11. The summed E-state index contributed by atoms with van der Waals surface area (Å²) in [5.41, 5.74) is -0.361. The molecule has 0 amide bonds. The van der Waals surface area contributed by atoms with Crippen LogP contribution >= 0.6 is 11.3 Å². The van der Waals surface area contributed by atoms with E-state index in [2.05, 4.69) is 10.3 Å². The number of halogens is 2. The number of aromatic nitrogens is 1. The minimum Gasteiger partial charge on any atom is -0.311 e. The molecule has 0 saturated heterocycles. The Labute approximate surface area is 116 Å². The molecule has 5 nitrogen and oxygen atoms in total. The average molecular weight is 297 g/mol. The summed E-state index contributed by atoms with van der Waals surface area (Å²) in [6.45, 7) is 1.36. The molecule has 20 heavy (non-hydrogen) atoms. The second kappa shape index (κ2) is 4.88. The van der Waals surface area contributed by atoms with Crippen LogP contribution in [0.1, 0.15) is 10.6 Å². The van der Waals surface area contributed by atoms with E-state index in [4.69, 9.17) is 0 Å². The zero-order valence-electron chi connectivity index (χ0n) is 10.2. The van der Waals surface area contributed by atoms with Crippen molar-refractivity contribution in [3.8, 4) is 10.6 Å². The number of nitrogens with one attached hydrogen (secondary N) is 1. The van der Waals surface area contributed by atoms with Crippen molar-refractivity contribution in [2.45, 2.75) is 13.0 Å². The lowest BCUT2D eigenvalue weighted by molar-refractivity contribution is -0.387. The van der Waals surface area contributed by atoms with Crippen molar-refractivity contribution in [1.29, 1.82) is 0 Å². The largest absolute Gasteiger partial charge is 0.311 e. The van der Waals surface area contributed by atoms with Crippen LogP contribution in [0.2, 0.25) is 0 Å². The number of nitrogens with zero attached hydrogens (tertiary/aromatic N) is 2. The van der Waals surface area contributed by atoms with Gasteiger partial charge in [-0.25, -0.2) is 9.37 Å². The van der Waals surface area contributed by atoms with E-state index < -0.39 is 27.8 Å². The number of fused-ring (bicyclic) bond motifs is 1. The van der Waals surface area contributed by atoms with E-state index in [9.17, 15) is 18.9 Å². The molecule has 1 aromatic carbocycles. The third-order valence-corrected chi connectivity index (χ3v) is 4.20. The normalized spacial score (nSPS) is 14.1. The van der Waals surface area contributed by atoms with E-state index in [0.717, 1.165) is 40.6 Å². The zero-order valence-corrected chi connectivity index (χ0v) is 11.0. The van der Waals surface area contributed by atoms with E-state index in [1.807, 2.05) is 0 Å². The quantitative estimate of drug-likeness (QED) is 0.683. The molecular formula is C12H9F2N3O2S. The van der Waals surface area contributed by atoms with Gasteiger partial charge in [-0.2, -0.15) is 4.39 Å². The smallest absolute Gasteiger partial charge is 0.305 e. The highest BCUT2D eigenvalue weighted by Crippen LogP contribution is 2.36. The van der Waals surface area contributed by atoms with Gasteiger partial charge in [0.25, 0.3) is 0 Å². The fourth-order valence-corrected chi connectivity index (χ4v) is 3.23. The Morgan fingerprint density at radius 3 is 2.90 bits per heavy atom. The fraction of sp³-hybridized carbons (Fsp3) is 0.250. The van der Waals surface area contributed by atoms with E-state index in [1.54, 1.807) is 0 Å². The van der Waals surface area contributed by atoms with Crippen molar-refractivity contribution in [1.82, 2.24) is 10.3 Å². The van der Waals surface area contributed by atoms with Crippen LogP contribution in [0.4, 0.5) is 14.5 Å². The Kier molecular flexibility index (Phi) is 3.19. The molecule has 0 bridgehead atoms. The summed E-state index contributed by atoms with van der Waals surface area (Å²) in [5, 5.41) is 14.0. The first-order valence-corrected chi connectivity index (χ1v) is 6.71. The summed E-state index contributed by atoms with van der Waals surface area (Å²) < 4.78 is 27.9. The predicted molar refractivity (Wildman–Crippen MR) is 69.5 cm³/mol. The Morgan fingerprint density at radius 2 is 2.20 bits per heavy atom. The molecule has 0 aliphatic carbocycles. The van der Waals surface area contributed by atoms with E-state index in [-0.39, 0.29) is 5.01 Å². The number of benzene rings is 1. The van der Waals surface area contributed by atoms with E-state index >= 15 is 0 Å². The molecule has 3 rings (SSSR count). The standard InChI is InChI=1S/C12H9F2N3O2S/c13-6-1-2-8(17(18)19)11(14)10(6)12-16-7-3-4-15-5-9(7)20-12/h1-2,15H,3-5H2.